The van der Waals surface area contributed by atoms with Crippen molar-refractivity contribution in [2.45, 2.75) is 39.0 Å². The summed E-state index contributed by atoms with van der Waals surface area (Å²) in [5.41, 5.74) is 5.09. The van der Waals surface area contributed by atoms with Gasteiger partial charge in [0.25, 0.3) is 0 Å². The van der Waals surface area contributed by atoms with Crippen LogP contribution in [0.2, 0.25) is 0 Å². The van der Waals surface area contributed by atoms with E-state index in [1.165, 1.54) is 48.1 Å². The molecule has 0 unspecified atom stereocenters. The van der Waals surface area contributed by atoms with Crippen LogP contribution in [-0.4, -0.2) is 10.9 Å². The van der Waals surface area contributed by atoms with Gasteiger partial charge in [0, 0.05) is 16.9 Å². The third kappa shape index (κ3) is 2.68. The minimum Gasteiger partial charge on any atom is -0.302 e. The normalized spacial score (nSPS) is 23.0. The Morgan fingerprint density at radius 1 is 1.27 bits per heavy atom. The molecule has 4 rings (SSSR count). The van der Waals surface area contributed by atoms with Crippen molar-refractivity contribution in [3.8, 4) is 11.3 Å². The molecule has 114 valence electrons. The Morgan fingerprint density at radius 2 is 2.05 bits per heavy atom. The van der Waals surface area contributed by atoms with Crippen LogP contribution in [0, 0.1) is 11.8 Å². The largest absolute Gasteiger partial charge is 0.302 e. The summed E-state index contributed by atoms with van der Waals surface area (Å²) in [4.78, 5) is 16.6. The van der Waals surface area contributed by atoms with Gasteiger partial charge in [-0.25, -0.2) is 4.98 Å². The zero-order valence-electron chi connectivity index (χ0n) is 12.8. The van der Waals surface area contributed by atoms with E-state index in [0.717, 1.165) is 22.8 Å². The van der Waals surface area contributed by atoms with Gasteiger partial charge in [-0.15, -0.1) is 11.3 Å². The van der Waals surface area contributed by atoms with Gasteiger partial charge >= 0.3 is 0 Å². The molecular weight excluding hydrogens is 292 g/mol. The molecule has 4 heteroatoms. The van der Waals surface area contributed by atoms with Crippen molar-refractivity contribution in [1.82, 2.24) is 4.98 Å². The van der Waals surface area contributed by atoms with Crippen LogP contribution in [-0.2, 0) is 17.6 Å². The third-order valence-electron chi connectivity index (χ3n) is 4.82. The minimum atomic E-state index is 0.124. The van der Waals surface area contributed by atoms with Crippen LogP contribution >= 0.6 is 11.3 Å². The zero-order valence-corrected chi connectivity index (χ0v) is 13.6. The van der Waals surface area contributed by atoms with Crippen molar-refractivity contribution in [1.29, 1.82) is 0 Å². The summed E-state index contributed by atoms with van der Waals surface area (Å²) in [6.45, 7) is 2.12. The maximum Gasteiger partial charge on any atom is 0.229 e. The summed E-state index contributed by atoms with van der Waals surface area (Å²) < 4.78 is 0. The van der Waals surface area contributed by atoms with Gasteiger partial charge in [0.2, 0.25) is 5.91 Å². The van der Waals surface area contributed by atoms with Gasteiger partial charge in [-0.1, -0.05) is 19.1 Å². The predicted octanol–water partition coefficient (Wildman–Crippen LogP) is 4.28. The number of hydrogen-bond donors (Lipinski definition) is 1. The highest BCUT2D eigenvalue weighted by Crippen LogP contribution is 2.39. The second-order valence-electron chi connectivity index (χ2n) is 6.54. The van der Waals surface area contributed by atoms with E-state index in [1.54, 1.807) is 0 Å². The number of aromatic nitrogens is 1. The summed E-state index contributed by atoms with van der Waals surface area (Å²) in [6.07, 6.45) is 5.98. The molecule has 3 nitrogen and oxygen atoms in total. The van der Waals surface area contributed by atoms with Crippen molar-refractivity contribution in [3.63, 3.8) is 0 Å². The van der Waals surface area contributed by atoms with Gasteiger partial charge in [0.1, 0.15) is 0 Å². The smallest absolute Gasteiger partial charge is 0.229 e. The first-order valence-corrected chi connectivity index (χ1v) is 8.97. The average molecular weight is 312 g/mol. The van der Waals surface area contributed by atoms with Gasteiger partial charge in [-0.3, -0.25) is 4.79 Å². The molecule has 0 saturated heterocycles. The predicted molar refractivity (Wildman–Crippen MR) is 90.1 cm³/mol. The number of amides is 1. The number of thiazole rings is 1. The molecule has 22 heavy (non-hydrogen) atoms. The van der Waals surface area contributed by atoms with E-state index in [-0.39, 0.29) is 11.8 Å². The molecular formula is C18H20N2OS. The Bertz CT molecular complexity index is 722. The van der Waals surface area contributed by atoms with Crippen LogP contribution in [0.1, 0.15) is 37.3 Å². The van der Waals surface area contributed by atoms with Crippen LogP contribution in [0.5, 0.6) is 0 Å². The fourth-order valence-electron chi connectivity index (χ4n) is 3.24. The number of fused-ring (bicyclic) bond motifs is 1. The second-order valence-corrected chi connectivity index (χ2v) is 7.40. The first kappa shape index (κ1) is 13.9. The lowest BCUT2D eigenvalue weighted by molar-refractivity contribution is -0.117. The molecule has 2 atom stereocenters. The lowest BCUT2D eigenvalue weighted by Crippen LogP contribution is -2.14. The second kappa shape index (κ2) is 5.51. The fourth-order valence-corrected chi connectivity index (χ4v) is 3.96. The lowest BCUT2D eigenvalue weighted by atomic mass is 9.90. The number of hydrogen-bond acceptors (Lipinski definition) is 3. The monoisotopic (exact) mass is 312 g/mol. The molecule has 1 aromatic carbocycles. The molecule has 2 aliphatic rings. The summed E-state index contributed by atoms with van der Waals surface area (Å²) in [5, 5.41) is 5.71. The van der Waals surface area contributed by atoms with Gasteiger partial charge < -0.3 is 5.32 Å². The SMILES string of the molecule is C[C@@H]1C[C@@H]1C(=O)Nc1nc(-c2ccc3c(c2)CCCC3)cs1. The van der Waals surface area contributed by atoms with Crippen molar-refractivity contribution in [2.24, 2.45) is 11.8 Å². The maximum atomic E-state index is 12.0. The third-order valence-corrected chi connectivity index (χ3v) is 5.58. The molecule has 0 aliphatic heterocycles. The molecule has 2 aliphatic carbocycles. The lowest BCUT2D eigenvalue weighted by Gasteiger charge is -2.16. The van der Waals surface area contributed by atoms with E-state index in [1.807, 2.05) is 5.38 Å². The van der Waals surface area contributed by atoms with Crippen LogP contribution in [0.4, 0.5) is 5.13 Å². The highest BCUT2D eigenvalue weighted by Gasteiger charge is 2.39. The number of nitrogens with one attached hydrogen (secondary N) is 1. The van der Waals surface area contributed by atoms with Gasteiger partial charge in [-0.2, -0.15) is 0 Å². The number of carbonyl (C=O) groups is 1. The topological polar surface area (TPSA) is 42.0 Å². The number of rotatable bonds is 3. The molecule has 0 spiro atoms. The standard InChI is InChI=1S/C18H20N2OS/c1-11-8-15(11)17(21)20-18-19-16(10-22-18)14-7-6-12-4-2-3-5-13(12)9-14/h6-7,9-11,15H,2-5,8H2,1H3,(H,19,20,21)/t11-,15+/m1/s1. The average Bonchev–Trinajstić information content (AvgIpc) is 3.09. The molecule has 0 radical (unpaired) electrons. The first-order chi connectivity index (χ1) is 10.7. The Kier molecular flexibility index (Phi) is 3.49. The highest BCUT2D eigenvalue weighted by molar-refractivity contribution is 7.14. The van der Waals surface area contributed by atoms with E-state index in [0.29, 0.717) is 5.92 Å². The molecule has 1 N–H and O–H groups in total. The molecule has 1 heterocycles. The van der Waals surface area contributed by atoms with Gasteiger partial charge in [-0.05, 0) is 55.2 Å². The van der Waals surface area contributed by atoms with Crippen molar-refractivity contribution in [3.05, 3.63) is 34.7 Å². The van der Waals surface area contributed by atoms with Crippen molar-refractivity contribution in [2.75, 3.05) is 5.32 Å². The van der Waals surface area contributed by atoms with Gasteiger partial charge in [0.15, 0.2) is 5.13 Å². The van der Waals surface area contributed by atoms with E-state index in [4.69, 9.17) is 0 Å². The maximum absolute atomic E-state index is 12.0. The zero-order chi connectivity index (χ0) is 15.1. The fraction of sp³-hybridized carbons (Fsp3) is 0.444. The van der Waals surface area contributed by atoms with Gasteiger partial charge in [0.05, 0.1) is 5.69 Å². The Morgan fingerprint density at radius 3 is 2.82 bits per heavy atom. The molecule has 1 saturated carbocycles. The molecule has 1 aromatic heterocycles. The highest BCUT2D eigenvalue weighted by atomic mass is 32.1. The molecule has 0 bridgehead atoms. The van der Waals surface area contributed by atoms with Crippen LogP contribution in [0.25, 0.3) is 11.3 Å². The van der Waals surface area contributed by atoms with Crippen LogP contribution in [0.3, 0.4) is 0 Å². The Balaban J connectivity index is 1.52. The molecule has 1 fully saturated rings. The van der Waals surface area contributed by atoms with E-state index < -0.39 is 0 Å². The number of anilines is 1. The summed E-state index contributed by atoms with van der Waals surface area (Å²) >= 11 is 1.51. The first-order valence-electron chi connectivity index (χ1n) is 8.09. The van der Waals surface area contributed by atoms with E-state index >= 15 is 0 Å². The molecule has 2 aromatic rings. The van der Waals surface area contributed by atoms with Crippen LogP contribution < -0.4 is 5.32 Å². The number of nitrogens with zero attached hydrogens (tertiary/aromatic N) is 1. The van der Waals surface area contributed by atoms with E-state index in [2.05, 4.69) is 35.4 Å². The summed E-state index contributed by atoms with van der Waals surface area (Å²) in [5.74, 6) is 0.843. The summed E-state index contributed by atoms with van der Waals surface area (Å²) in [7, 11) is 0. The number of aryl methyl sites for hydroxylation is 2. The van der Waals surface area contributed by atoms with Crippen LogP contribution in [0.15, 0.2) is 23.6 Å². The molecule has 1 amide bonds. The van der Waals surface area contributed by atoms with Crippen molar-refractivity contribution < 1.29 is 4.79 Å². The number of benzene rings is 1. The Hall–Kier alpha value is -1.68. The Labute approximate surface area is 134 Å². The summed E-state index contributed by atoms with van der Waals surface area (Å²) in [6, 6.07) is 6.68. The van der Waals surface area contributed by atoms with Crippen molar-refractivity contribution >= 4 is 22.4 Å². The van der Waals surface area contributed by atoms with E-state index in [9.17, 15) is 4.79 Å². The number of carbonyl (C=O) groups excluding carboxylic acids is 1. The quantitative estimate of drug-likeness (QED) is 0.919. The minimum absolute atomic E-state index is 0.124.